The molecule has 104 valence electrons. The van der Waals surface area contributed by atoms with Crippen molar-refractivity contribution in [2.45, 2.75) is 45.2 Å². The van der Waals surface area contributed by atoms with Crippen molar-refractivity contribution in [2.24, 2.45) is 5.41 Å². The second kappa shape index (κ2) is 5.25. The third-order valence-corrected chi connectivity index (χ3v) is 5.56. The average Bonchev–Trinajstić information content (AvgIpc) is 3.13. The number of hydrogen-bond acceptors (Lipinski definition) is 3. The molecule has 1 N–H and O–H groups in total. The fourth-order valence-corrected chi connectivity index (χ4v) is 4.24. The molecule has 1 atom stereocenters. The van der Waals surface area contributed by atoms with E-state index >= 15 is 0 Å². The van der Waals surface area contributed by atoms with Crippen LogP contribution in [-0.4, -0.2) is 23.9 Å². The van der Waals surface area contributed by atoms with Crippen LogP contribution in [0.5, 0.6) is 0 Å². The summed E-state index contributed by atoms with van der Waals surface area (Å²) in [6, 6.07) is 2.13. The van der Waals surface area contributed by atoms with Gasteiger partial charge in [0.1, 0.15) is 6.17 Å². The molecule has 4 heteroatoms. The molecule has 3 rings (SSSR count). The molecule has 1 aliphatic heterocycles. The van der Waals surface area contributed by atoms with Gasteiger partial charge in [-0.1, -0.05) is 19.8 Å². The van der Waals surface area contributed by atoms with Gasteiger partial charge >= 0.3 is 0 Å². The Kier molecular flexibility index (Phi) is 3.63. The molecular weight excluding hydrogens is 256 g/mol. The van der Waals surface area contributed by atoms with Crippen molar-refractivity contribution >= 4 is 17.2 Å². The summed E-state index contributed by atoms with van der Waals surface area (Å²) in [6.45, 7) is 3.69. The van der Waals surface area contributed by atoms with Gasteiger partial charge in [0.15, 0.2) is 0 Å². The Morgan fingerprint density at radius 3 is 2.89 bits per heavy atom. The maximum Gasteiger partial charge on any atom is 0.238 e. The molecule has 0 radical (unpaired) electrons. The Bertz CT molecular complexity index is 437. The van der Waals surface area contributed by atoms with Crippen LogP contribution in [0.2, 0.25) is 0 Å². The molecular formula is C15H22N2OS. The number of rotatable bonds is 4. The Morgan fingerprint density at radius 1 is 1.47 bits per heavy atom. The van der Waals surface area contributed by atoms with E-state index in [9.17, 15) is 4.79 Å². The number of nitrogens with one attached hydrogen (secondary N) is 1. The van der Waals surface area contributed by atoms with Crippen molar-refractivity contribution in [3.63, 3.8) is 0 Å². The Balaban J connectivity index is 1.79. The molecule has 1 amide bonds. The molecule has 0 spiro atoms. The van der Waals surface area contributed by atoms with Crippen LogP contribution in [0.25, 0.3) is 0 Å². The van der Waals surface area contributed by atoms with Gasteiger partial charge in [0.25, 0.3) is 0 Å². The van der Waals surface area contributed by atoms with Crippen molar-refractivity contribution in [3.05, 3.63) is 22.4 Å². The molecule has 1 unspecified atom stereocenters. The van der Waals surface area contributed by atoms with Gasteiger partial charge in [-0.15, -0.1) is 0 Å². The second-order valence-electron chi connectivity index (χ2n) is 5.92. The summed E-state index contributed by atoms with van der Waals surface area (Å²) in [5.74, 6) is 0.260. The molecule has 1 aromatic heterocycles. The Labute approximate surface area is 119 Å². The lowest BCUT2D eigenvalue weighted by molar-refractivity contribution is -0.129. The molecule has 2 heterocycles. The van der Waals surface area contributed by atoms with Crippen molar-refractivity contribution in [1.29, 1.82) is 0 Å². The summed E-state index contributed by atoms with van der Waals surface area (Å²) in [7, 11) is 0. The van der Waals surface area contributed by atoms with Gasteiger partial charge < -0.3 is 4.90 Å². The van der Waals surface area contributed by atoms with E-state index in [4.69, 9.17) is 0 Å². The molecule has 19 heavy (non-hydrogen) atoms. The number of hydrogen-bond donors (Lipinski definition) is 1. The van der Waals surface area contributed by atoms with Crippen LogP contribution in [0.1, 0.15) is 50.8 Å². The molecule has 1 aromatic rings. The number of carbonyl (C=O) groups excluding carboxylic acids is 1. The standard InChI is InChI=1S/C15H22N2OS/c1-2-15(6-3-4-7-15)11-17-13(18)9-16-14(17)12-5-8-19-10-12/h5,8,10,14,16H,2-4,6-7,9,11H2,1H3. The minimum Gasteiger partial charge on any atom is -0.321 e. The van der Waals surface area contributed by atoms with Crippen LogP contribution >= 0.6 is 11.3 Å². The van der Waals surface area contributed by atoms with Gasteiger partial charge in [-0.2, -0.15) is 11.3 Å². The summed E-state index contributed by atoms with van der Waals surface area (Å²) < 4.78 is 0. The first-order valence-corrected chi connectivity index (χ1v) is 8.23. The van der Waals surface area contributed by atoms with E-state index in [2.05, 4.69) is 34.0 Å². The highest BCUT2D eigenvalue weighted by Crippen LogP contribution is 2.43. The first-order valence-electron chi connectivity index (χ1n) is 7.29. The van der Waals surface area contributed by atoms with Gasteiger partial charge in [0.2, 0.25) is 5.91 Å². The topological polar surface area (TPSA) is 32.3 Å². The average molecular weight is 278 g/mol. The number of carbonyl (C=O) groups is 1. The smallest absolute Gasteiger partial charge is 0.238 e. The molecule has 2 fully saturated rings. The number of amides is 1. The molecule has 1 saturated carbocycles. The third kappa shape index (κ3) is 2.43. The zero-order valence-corrected chi connectivity index (χ0v) is 12.3. The van der Waals surface area contributed by atoms with Crippen LogP contribution in [0.3, 0.4) is 0 Å². The predicted molar refractivity (Wildman–Crippen MR) is 78.0 cm³/mol. The fourth-order valence-electron chi connectivity index (χ4n) is 3.56. The summed E-state index contributed by atoms with van der Waals surface area (Å²) in [4.78, 5) is 14.3. The summed E-state index contributed by atoms with van der Waals surface area (Å²) >= 11 is 1.70. The highest BCUT2D eigenvalue weighted by atomic mass is 32.1. The number of nitrogens with zero attached hydrogens (tertiary/aromatic N) is 1. The molecule has 1 saturated heterocycles. The fraction of sp³-hybridized carbons (Fsp3) is 0.667. The number of thiophene rings is 1. The van der Waals surface area contributed by atoms with E-state index in [-0.39, 0.29) is 12.1 Å². The quantitative estimate of drug-likeness (QED) is 0.917. The molecule has 2 aliphatic rings. The molecule has 0 bridgehead atoms. The molecule has 1 aliphatic carbocycles. The van der Waals surface area contributed by atoms with Gasteiger partial charge in [0.05, 0.1) is 6.54 Å². The van der Waals surface area contributed by atoms with E-state index in [0.717, 1.165) is 6.54 Å². The third-order valence-electron chi connectivity index (χ3n) is 4.86. The van der Waals surface area contributed by atoms with Gasteiger partial charge in [-0.3, -0.25) is 10.1 Å². The van der Waals surface area contributed by atoms with Crippen molar-refractivity contribution in [1.82, 2.24) is 10.2 Å². The minimum atomic E-state index is 0.0998. The van der Waals surface area contributed by atoms with E-state index in [0.29, 0.717) is 12.0 Å². The lowest BCUT2D eigenvalue weighted by Crippen LogP contribution is -2.39. The van der Waals surface area contributed by atoms with E-state index in [1.807, 2.05) is 0 Å². The van der Waals surface area contributed by atoms with E-state index < -0.39 is 0 Å². The maximum absolute atomic E-state index is 12.2. The van der Waals surface area contributed by atoms with E-state index in [1.165, 1.54) is 37.7 Å². The van der Waals surface area contributed by atoms with Crippen LogP contribution in [0.15, 0.2) is 16.8 Å². The SMILES string of the molecule is CCC1(CN2C(=O)CNC2c2ccsc2)CCCC1. The maximum atomic E-state index is 12.2. The monoisotopic (exact) mass is 278 g/mol. The van der Waals surface area contributed by atoms with Crippen LogP contribution in [0.4, 0.5) is 0 Å². The first-order chi connectivity index (χ1) is 9.24. The van der Waals surface area contributed by atoms with Crippen LogP contribution < -0.4 is 5.32 Å². The highest BCUT2D eigenvalue weighted by molar-refractivity contribution is 7.07. The summed E-state index contributed by atoms with van der Waals surface area (Å²) in [6.07, 6.45) is 6.50. The van der Waals surface area contributed by atoms with Crippen molar-refractivity contribution in [3.8, 4) is 0 Å². The van der Waals surface area contributed by atoms with Gasteiger partial charge in [0, 0.05) is 6.54 Å². The summed E-state index contributed by atoms with van der Waals surface area (Å²) in [5.41, 5.74) is 1.61. The highest BCUT2D eigenvalue weighted by Gasteiger charge is 2.40. The normalized spacial score (nSPS) is 26.3. The Hall–Kier alpha value is -0.870. The first kappa shape index (κ1) is 13.1. The minimum absolute atomic E-state index is 0.0998. The van der Waals surface area contributed by atoms with Crippen LogP contribution in [-0.2, 0) is 4.79 Å². The van der Waals surface area contributed by atoms with E-state index in [1.54, 1.807) is 11.3 Å². The lowest BCUT2D eigenvalue weighted by atomic mass is 9.82. The summed E-state index contributed by atoms with van der Waals surface area (Å²) in [5, 5.41) is 7.59. The molecule has 0 aromatic carbocycles. The largest absolute Gasteiger partial charge is 0.321 e. The zero-order chi connectivity index (χ0) is 13.3. The predicted octanol–water partition coefficient (Wildman–Crippen LogP) is 3.15. The zero-order valence-electron chi connectivity index (χ0n) is 11.5. The van der Waals surface area contributed by atoms with Crippen LogP contribution in [0, 0.1) is 5.41 Å². The Morgan fingerprint density at radius 2 is 2.26 bits per heavy atom. The lowest BCUT2D eigenvalue weighted by Gasteiger charge is -2.35. The van der Waals surface area contributed by atoms with Gasteiger partial charge in [-0.05, 0) is 47.1 Å². The van der Waals surface area contributed by atoms with Gasteiger partial charge in [-0.25, -0.2) is 0 Å². The van der Waals surface area contributed by atoms with Crippen molar-refractivity contribution < 1.29 is 4.79 Å². The molecule has 3 nitrogen and oxygen atoms in total. The van der Waals surface area contributed by atoms with Crippen molar-refractivity contribution in [2.75, 3.05) is 13.1 Å². The second-order valence-corrected chi connectivity index (χ2v) is 6.70.